The summed E-state index contributed by atoms with van der Waals surface area (Å²) in [6.45, 7) is 0.389. The number of nitrogens with zero attached hydrogens (tertiary/aromatic N) is 2. The van der Waals surface area contributed by atoms with Crippen LogP contribution in [0.1, 0.15) is 25.7 Å². The van der Waals surface area contributed by atoms with Gasteiger partial charge in [0.15, 0.2) is 0 Å². The van der Waals surface area contributed by atoms with E-state index in [1.807, 2.05) is 6.07 Å². The van der Waals surface area contributed by atoms with Crippen molar-refractivity contribution in [3.63, 3.8) is 0 Å². The number of carbonyl (C=O) groups is 2. The fourth-order valence-electron chi connectivity index (χ4n) is 1.97. The molecule has 0 radical (unpaired) electrons. The molecule has 24 heavy (non-hydrogen) atoms. The Kier molecular flexibility index (Phi) is 7.85. The van der Waals surface area contributed by atoms with Crippen molar-refractivity contribution in [2.75, 3.05) is 18.5 Å². The highest BCUT2D eigenvalue weighted by molar-refractivity contribution is 5.97. The quantitative estimate of drug-likeness (QED) is 0.362. The number of carboxylic acid groups (broad SMARTS) is 1. The minimum absolute atomic E-state index is 0.0314. The molecule has 0 heterocycles. The maximum Gasteiger partial charge on any atom is 0.303 e. The minimum atomic E-state index is -0.828. The highest BCUT2D eigenvalue weighted by Crippen LogP contribution is 2.18. The van der Waals surface area contributed by atoms with E-state index in [4.69, 9.17) is 10.4 Å². The molecular formula is C17H21N3O4. The summed E-state index contributed by atoms with van der Waals surface area (Å²) < 4.78 is 0. The zero-order chi connectivity index (χ0) is 17.9. The van der Waals surface area contributed by atoms with Crippen molar-refractivity contribution in [3.8, 4) is 11.8 Å². The molecule has 0 aromatic heterocycles. The Morgan fingerprint density at radius 2 is 1.92 bits per heavy atom. The molecule has 1 amide bonds. The normalized spacial score (nSPS) is 10.8. The van der Waals surface area contributed by atoms with Gasteiger partial charge in [-0.15, -0.1) is 0 Å². The van der Waals surface area contributed by atoms with Gasteiger partial charge in [-0.3, -0.25) is 9.59 Å². The maximum absolute atomic E-state index is 12.0. The molecule has 0 aliphatic heterocycles. The van der Waals surface area contributed by atoms with Crippen LogP contribution < -0.4 is 10.2 Å². The number of nitriles is 1. The summed E-state index contributed by atoms with van der Waals surface area (Å²) in [7, 11) is 1.70. The van der Waals surface area contributed by atoms with Gasteiger partial charge in [0, 0.05) is 31.9 Å². The van der Waals surface area contributed by atoms with Crippen LogP contribution in [0.25, 0.3) is 0 Å². The van der Waals surface area contributed by atoms with E-state index >= 15 is 0 Å². The van der Waals surface area contributed by atoms with Crippen molar-refractivity contribution in [1.82, 2.24) is 5.32 Å². The number of aromatic hydroxyl groups is 1. The third kappa shape index (κ3) is 6.83. The fraction of sp³-hybridized carbons (Fsp3) is 0.353. The Bertz CT molecular complexity index is 632. The number of carboxylic acids is 1. The molecule has 7 nitrogen and oxygen atoms in total. The van der Waals surface area contributed by atoms with Crippen molar-refractivity contribution in [3.05, 3.63) is 36.0 Å². The van der Waals surface area contributed by atoms with Gasteiger partial charge in [-0.1, -0.05) is 6.42 Å². The topological polar surface area (TPSA) is 114 Å². The lowest BCUT2D eigenvalue weighted by atomic mass is 10.2. The first-order valence-corrected chi connectivity index (χ1v) is 7.58. The summed E-state index contributed by atoms with van der Waals surface area (Å²) in [5.41, 5.74) is 0.693. The Morgan fingerprint density at radius 3 is 2.50 bits per heavy atom. The van der Waals surface area contributed by atoms with Gasteiger partial charge in [0.05, 0.1) is 0 Å². The highest BCUT2D eigenvalue weighted by Gasteiger charge is 2.10. The SMILES string of the molecule is CN(/C=C(/C#N)C(=O)NCCCCCC(=O)O)c1ccc(O)cc1. The Labute approximate surface area is 140 Å². The van der Waals surface area contributed by atoms with Gasteiger partial charge >= 0.3 is 5.97 Å². The van der Waals surface area contributed by atoms with Gasteiger partial charge in [0.2, 0.25) is 0 Å². The van der Waals surface area contributed by atoms with E-state index in [-0.39, 0.29) is 17.7 Å². The summed E-state index contributed by atoms with van der Waals surface area (Å²) in [5.74, 6) is -1.16. The average Bonchev–Trinajstić information content (AvgIpc) is 2.55. The van der Waals surface area contributed by atoms with Crippen LogP contribution in [-0.2, 0) is 9.59 Å². The van der Waals surface area contributed by atoms with Crippen molar-refractivity contribution < 1.29 is 19.8 Å². The van der Waals surface area contributed by atoms with E-state index in [2.05, 4.69) is 5.32 Å². The fourth-order valence-corrected chi connectivity index (χ4v) is 1.97. The lowest BCUT2D eigenvalue weighted by Gasteiger charge is -2.15. The second-order valence-electron chi connectivity index (χ2n) is 5.24. The van der Waals surface area contributed by atoms with Crippen LogP contribution in [0.4, 0.5) is 5.69 Å². The molecule has 1 aromatic carbocycles. The molecule has 7 heteroatoms. The maximum atomic E-state index is 12.0. The van der Waals surface area contributed by atoms with Crippen LogP contribution in [0.3, 0.4) is 0 Å². The molecule has 0 spiro atoms. The molecule has 0 aliphatic carbocycles. The van der Waals surface area contributed by atoms with E-state index in [0.717, 1.165) is 5.69 Å². The number of hydrogen-bond donors (Lipinski definition) is 3. The zero-order valence-electron chi connectivity index (χ0n) is 13.5. The molecule has 0 aliphatic rings. The Hall–Kier alpha value is -3.01. The molecule has 1 rings (SSSR count). The van der Waals surface area contributed by atoms with Crippen LogP contribution in [0, 0.1) is 11.3 Å². The van der Waals surface area contributed by atoms with Crippen molar-refractivity contribution in [2.24, 2.45) is 0 Å². The van der Waals surface area contributed by atoms with Crippen LogP contribution in [0.2, 0.25) is 0 Å². The zero-order valence-corrected chi connectivity index (χ0v) is 13.5. The second kappa shape index (κ2) is 9.90. The van der Waals surface area contributed by atoms with Crippen LogP contribution >= 0.6 is 0 Å². The lowest BCUT2D eigenvalue weighted by Crippen LogP contribution is -2.27. The van der Waals surface area contributed by atoms with Gasteiger partial charge in [-0.2, -0.15) is 5.26 Å². The molecule has 0 saturated carbocycles. The number of phenols is 1. The first kappa shape index (κ1) is 19.0. The first-order valence-electron chi connectivity index (χ1n) is 7.58. The second-order valence-corrected chi connectivity index (χ2v) is 5.24. The number of aliphatic carboxylic acids is 1. The number of hydrogen-bond acceptors (Lipinski definition) is 5. The van der Waals surface area contributed by atoms with E-state index in [1.54, 1.807) is 24.1 Å². The van der Waals surface area contributed by atoms with Crippen LogP contribution in [0.15, 0.2) is 36.0 Å². The summed E-state index contributed by atoms with van der Waals surface area (Å²) in [6, 6.07) is 8.23. The summed E-state index contributed by atoms with van der Waals surface area (Å²) in [6.07, 6.45) is 3.47. The first-order chi connectivity index (χ1) is 11.4. The number of anilines is 1. The third-order valence-electron chi connectivity index (χ3n) is 3.30. The van der Waals surface area contributed by atoms with Crippen molar-refractivity contribution >= 4 is 17.6 Å². The van der Waals surface area contributed by atoms with Gasteiger partial charge in [0.1, 0.15) is 17.4 Å². The molecule has 1 aromatic rings. The summed E-state index contributed by atoms with van der Waals surface area (Å²) in [4.78, 5) is 24.0. The van der Waals surface area contributed by atoms with Gasteiger partial charge < -0.3 is 20.4 Å². The van der Waals surface area contributed by atoms with E-state index in [9.17, 15) is 14.7 Å². The summed E-state index contributed by atoms with van der Waals surface area (Å²) in [5, 5.41) is 29.6. The largest absolute Gasteiger partial charge is 0.508 e. The predicted octanol–water partition coefficient (Wildman–Crippen LogP) is 2.00. The number of rotatable bonds is 9. The number of amides is 1. The molecule has 0 fully saturated rings. The summed E-state index contributed by atoms with van der Waals surface area (Å²) >= 11 is 0. The third-order valence-corrected chi connectivity index (χ3v) is 3.30. The van der Waals surface area contributed by atoms with Crippen LogP contribution in [0.5, 0.6) is 5.75 Å². The standard InChI is InChI=1S/C17H21N3O4/c1-20(14-6-8-15(21)9-7-14)12-13(11-18)17(24)19-10-4-2-3-5-16(22)23/h6-9,12,21H,2-5,10H2,1H3,(H,19,24)(H,22,23)/b13-12-. The molecule has 0 atom stereocenters. The van der Waals surface area contributed by atoms with E-state index in [0.29, 0.717) is 25.8 Å². The highest BCUT2D eigenvalue weighted by atomic mass is 16.4. The molecule has 3 N–H and O–H groups in total. The number of nitrogens with one attached hydrogen (secondary N) is 1. The van der Waals surface area contributed by atoms with Gasteiger partial charge in [-0.05, 0) is 37.1 Å². The van der Waals surface area contributed by atoms with Crippen LogP contribution in [-0.4, -0.2) is 35.7 Å². The van der Waals surface area contributed by atoms with Crippen molar-refractivity contribution in [2.45, 2.75) is 25.7 Å². The van der Waals surface area contributed by atoms with E-state index in [1.165, 1.54) is 18.3 Å². The monoisotopic (exact) mass is 331 g/mol. The smallest absolute Gasteiger partial charge is 0.303 e. The minimum Gasteiger partial charge on any atom is -0.508 e. The molecule has 128 valence electrons. The Morgan fingerprint density at radius 1 is 1.25 bits per heavy atom. The average molecular weight is 331 g/mol. The van der Waals surface area contributed by atoms with Gasteiger partial charge in [-0.25, -0.2) is 0 Å². The molecule has 0 unspecified atom stereocenters. The number of phenolic OH excluding ortho intramolecular Hbond substituents is 1. The van der Waals surface area contributed by atoms with E-state index < -0.39 is 11.9 Å². The molecule has 0 bridgehead atoms. The molecule has 0 saturated heterocycles. The Balaban J connectivity index is 2.49. The van der Waals surface area contributed by atoms with Gasteiger partial charge in [0.25, 0.3) is 5.91 Å². The predicted molar refractivity (Wildman–Crippen MR) is 89.3 cm³/mol. The molecular weight excluding hydrogens is 310 g/mol. The number of unbranched alkanes of at least 4 members (excludes halogenated alkanes) is 2. The number of benzene rings is 1. The van der Waals surface area contributed by atoms with Crippen molar-refractivity contribution in [1.29, 1.82) is 5.26 Å². The number of carbonyl (C=O) groups excluding carboxylic acids is 1. The lowest BCUT2D eigenvalue weighted by molar-refractivity contribution is -0.137.